The maximum absolute atomic E-state index is 13.3. The van der Waals surface area contributed by atoms with Gasteiger partial charge in [0, 0.05) is 6.21 Å². The molecular formula is C20H26NO4P. The van der Waals surface area contributed by atoms with Crippen LogP contribution >= 0.6 is 7.60 Å². The predicted molar refractivity (Wildman–Crippen MR) is 105 cm³/mol. The highest BCUT2D eigenvalue weighted by Gasteiger charge is 2.36. The molecule has 0 spiro atoms. The lowest BCUT2D eigenvalue weighted by Crippen LogP contribution is -2.06. The Hall–Kier alpha value is -1.94. The number of ether oxygens (including phenoxy) is 1. The van der Waals surface area contributed by atoms with Crippen molar-refractivity contribution in [2.75, 3.05) is 20.3 Å². The van der Waals surface area contributed by atoms with Crippen molar-refractivity contribution in [1.29, 1.82) is 0 Å². The summed E-state index contributed by atoms with van der Waals surface area (Å²) in [5.41, 5.74) is 2.79. The molecule has 0 fully saturated rings. The summed E-state index contributed by atoms with van der Waals surface area (Å²) in [5, 5.41) is 0. The standard InChI is InChI=1S/C20H26NO4P/c1-5-24-26(22,25-6-2)20(18-11-7-16(3)8-12-18)21-15-17-9-13-19(23-4)14-10-17/h7-15,20H,5-6H2,1-4H3/b21-15+. The van der Waals surface area contributed by atoms with Crippen LogP contribution in [0.4, 0.5) is 0 Å². The number of hydrogen-bond donors (Lipinski definition) is 0. The van der Waals surface area contributed by atoms with Gasteiger partial charge in [0.05, 0.1) is 20.3 Å². The van der Waals surface area contributed by atoms with Gasteiger partial charge in [0.2, 0.25) is 0 Å². The maximum atomic E-state index is 13.3. The van der Waals surface area contributed by atoms with Crippen molar-refractivity contribution in [2.45, 2.75) is 26.6 Å². The summed E-state index contributed by atoms with van der Waals surface area (Å²) in [6, 6.07) is 15.2. The van der Waals surface area contributed by atoms with Crippen LogP contribution in [0.15, 0.2) is 53.5 Å². The van der Waals surface area contributed by atoms with Crippen molar-refractivity contribution in [1.82, 2.24) is 0 Å². The lowest BCUT2D eigenvalue weighted by Gasteiger charge is -2.24. The maximum Gasteiger partial charge on any atom is 0.359 e. The Bertz CT molecular complexity index is 746. The molecule has 1 atom stereocenters. The van der Waals surface area contributed by atoms with E-state index in [1.165, 1.54) is 0 Å². The van der Waals surface area contributed by atoms with Crippen LogP contribution in [0.3, 0.4) is 0 Å². The first-order valence-electron chi connectivity index (χ1n) is 8.65. The van der Waals surface area contributed by atoms with E-state index in [4.69, 9.17) is 13.8 Å². The average molecular weight is 375 g/mol. The molecule has 0 aliphatic heterocycles. The van der Waals surface area contributed by atoms with Crippen LogP contribution in [0.2, 0.25) is 0 Å². The van der Waals surface area contributed by atoms with Gasteiger partial charge in [0.1, 0.15) is 5.75 Å². The summed E-state index contributed by atoms with van der Waals surface area (Å²) < 4.78 is 29.6. The SMILES string of the molecule is CCOP(=O)(OCC)C(/N=C/c1ccc(OC)cc1)c1ccc(C)cc1. The molecule has 0 radical (unpaired) electrons. The fraction of sp³-hybridized carbons (Fsp3) is 0.350. The van der Waals surface area contributed by atoms with Gasteiger partial charge in [-0.25, -0.2) is 0 Å². The molecule has 0 heterocycles. The Balaban J connectivity index is 2.39. The first-order chi connectivity index (χ1) is 12.5. The molecule has 1 unspecified atom stereocenters. The van der Waals surface area contributed by atoms with E-state index in [1.807, 2.05) is 55.5 Å². The zero-order chi connectivity index (χ0) is 19.0. The normalized spacial score (nSPS) is 13.1. The third-order valence-electron chi connectivity index (χ3n) is 3.77. The number of aryl methyl sites for hydroxylation is 1. The number of hydrogen-bond acceptors (Lipinski definition) is 5. The first-order valence-corrected chi connectivity index (χ1v) is 10.3. The van der Waals surface area contributed by atoms with E-state index in [9.17, 15) is 4.57 Å². The molecule has 2 aromatic rings. The quantitative estimate of drug-likeness (QED) is 0.436. The van der Waals surface area contributed by atoms with Gasteiger partial charge in [-0.2, -0.15) is 0 Å². The van der Waals surface area contributed by atoms with Gasteiger partial charge in [-0.1, -0.05) is 29.8 Å². The van der Waals surface area contributed by atoms with Crippen LogP contribution in [0, 0.1) is 6.92 Å². The molecule has 26 heavy (non-hydrogen) atoms. The van der Waals surface area contributed by atoms with E-state index >= 15 is 0 Å². The molecule has 2 rings (SSSR count). The van der Waals surface area contributed by atoms with Gasteiger partial charge in [-0.3, -0.25) is 9.56 Å². The largest absolute Gasteiger partial charge is 0.497 e. The molecule has 0 amide bonds. The summed E-state index contributed by atoms with van der Waals surface area (Å²) in [6.45, 7) is 6.18. The van der Waals surface area contributed by atoms with Crippen LogP contribution < -0.4 is 4.74 Å². The Kier molecular flexibility index (Phi) is 7.58. The average Bonchev–Trinajstić information content (AvgIpc) is 2.64. The van der Waals surface area contributed by atoms with E-state index in [1.54, 1.807) is 27.2 Å². The number of benzene rings is 2. The molecule has 0 saturated carbocycles. The van der Waals surface area contributed by atoms with Crippen LogP contribution in [-0.2, 0) is 13.6 Å². The zero-order valence-electron chi connectivity index (χ0n) is 15.7. The highest BCUT2D eigenvalue weighted by atomic mass is 31.2. The summed E-state index contributed by atoms with van der Waals surface area (Å²) in [4.78, 5) is 4.58. The van der Waals surface area contributed by atoms with E-state index in [-0.39, 0.29) is 13.2 Å². The summed E-state index contributed by atoms with van der Waals surface area (Å²) in [6.07, 6.45) is 1.69. The highest BCUT2D eigenvalue weighted by Crippen LogP contribution is 2.61. The van der Waals surface area contributed by atoms with E-state index in [2.05, 4.69) is 4.99 Å². The molecule has 0 aliphatic rings. The van der Waals surface area contributed by atoms with Gasteiger partial charge in [-0.05, 0) is 56.2 Å². The lowest BCUT2D eigenvalue weighted by atomic mass is 10.1. The second-order valence-corrected chi connectivity index (χ2v) is 7.80. The minimum absolute atomic E-state index is 0.289. The molecule has 0 bridgehead atoms. The van der Waals surface area contributed by atoms with Gasteiger partial charge in [0.15, 0.2) is 5.78 Å². The highest BCUT2D eigenvalue weighted by molar-refractivity contribution is 7.54. The fourth-order valence-electron chi connectivity index (χ4n) is 2.47. The van der Waals surface area contributed by atoms with Gasteiger partial charge >= 0.3 is 7.60 Å². The van der Waals surface area contributed by atoms with Crippen LogP contribution in [-0.4, -0.2) is 26.5 Å². The van der Waals surface area contributed by atoms with E-state index < -0.39 is 13.4 Å². The van der Waals surface area contributed by atoms with Crippen molar-refractivity contribution in [3.63, 3.8) is 0 Å². The molecule has 0 aromatic heterocycles. The van der Waals surface area contributed by atoms with Crippen LogP contribution in [0.25, 0.3) is 0 Å². The molecule has 0 aliphatic carbocycles. The molecule has 0 saturated heterocycles. The Morgan fingerprint density at radius 1 is 1.00 bits per heavy atom. The first kappa shape index (κ1) is 20.4. The van der Waals surface area contributed by atoms with Crippen molar-refractivity contribution in [2.24, 2.45) is 4.99 Å². The summed E-state index contributed by atoms with van der Waals surface area (Å²) in [7, 11) is -1.82. The van der Waals surface area contributed by atoms with Crippen molar-refractivity contribution in [3.8, 4) is 5.75 Å². The number of rotatable bonds is 9. The van der Waals surface area contributed by atoms with E-state index in [0.717, 1.165) is 22.4 Å². The number of methoxy groups -OCH3 is 1. The molecule has 2 aromatic carbocycles. The minimum Gasteiger partial charge on any atom is -0.497 e. The second-order valence-electron chi connectivity index (χ2n) is 5.71. The van der Waals surface area contributed by atoms with Gasteiger partial charge < -0.3 is 13.8 Å². The topological polar surface area (TPSA) is 57.1 Å². The minimum atomic E-state index is -3.44. The van der Waals surface area contributed by atoms with Gasteiger partial charge in [-0.15, -0.1) is 0 Å². The third kappa shape index (κ3) is 5.28. The van der Waals surface area contributed by atoms with Crippen molar-refractivity contribution < 1.29 is 18.3 Å². The molecule has 0 N–H and O–H groups in total. The van der Waals surface area contributed by atoms with Crippen LogP contribution in [0.5, 0.6) is 5.75 Å². The second kappa shape index (κ2) is 9.67. The Morgan fingerprint density at radius 2 is 1.58 bits per heavy atom. The molecular weight excluding hydrogens is 349 g/mol. The van der Waals surface area contributed by atoms with E-state index in [0.29, 0.717) is 0 Å². The fourth-order valence-corrected chi connectivity index (χ4v) is 4.32. The van der Waals surface area contributed by atoms with Crippen molar-refractivity contribution in [3.05, 3.63) is 65.2 Å². The Labute approximate surface area is 155 Å². The number of nitrogens with zero attached hydrogens (tertiary/aromatic N) is 1. The van der Waals surface area contributed by atoms with Crippen LogP contribution in [0.1, 0.15) is 36.3 Å². The lowest BCUT2D eigenvalue weighted by molar-refractivity contribution is 0.212. The predicted octanol–water partition coefficient (Wildman–Crippen LogP) is 5.39. The Morgan fingerprint density at radius 3 is 2.08 bits per heavy atom. The van der Waals surface area contributed by atoms with Crippen molar-refractivity contribution >= 4 is 13.8 Å². The number of aliphatic imine (C=N–C) groups is 1. The van der Waals surface area contributed by atoms with Gasteiger partial charge in [0.25, 0.3) is 0 Å². The molecule has 5 nitrogen and oxygen atoms in total. The molecule has 140 valence electrons. The smallest absolute Gasteiger partial charge is 0.359 e. The monoisotopic (exact) mass is 375 g/mol. The summed E-state index contributed by atoms with van der Waals surface area (Å²) >= 11 is 0. The summed E-state index contributed by atoms with van der Waals surface area (Å²) in [5.74, 6) is 0.0524. The third-order valence-corrected chi connectivity index (χ3v) is 6.04. The molecule has 6 heteroatoms. The zero-order valence-corrected chi connectivity index (χ0v) is 16.6.